The maximum Gasteiger partial charge on any atom is 0.292 e. The largest absolute Gasteiger partial charge is 0.362 e. The lowest BCUT2D eigenvalue weighted by atomic mass is 9.89. The molecular formula is C24H27N3O4. The van der Waals surface area contributed by atoms with E-state index in [1.807, 2.05) is 17.0 Å². The quantitative estimate of drug-likeness (QED) is 0.403. The molecule has 0 radical (unpaired) electrons. The summed E-state index contributed by atoms with van der Waals surface area (Å²) in [5, 5.41) is 11.3. The Morgan fingerprint density at radius 2 is 1.61 bits per heavy atom. The normalized spacial score (nSPS) is 16.0. The van der Waals surface area contributed by atoms with E-state index < -0.39 is 0 Å². The summed E-state index contributed by atoms with van der Waals surface area (Å²) in [6.07, 6.45) is 4.89. The number of carbonyl (C=O) groups is 2. The van der Waals surface area contributed by atoms with E-state index in [1.165, 1.54) is 30.0 Å². The molecule has 0 bridgehead atoms. The Labute approximate surface area is 181 Å². The molecule has 0 aromatic heterocycles. The zero-order chi connectivity index (χ0) is 21.8. The van der Waals surface area contributed by atoms with Gasteiger partial charge < -0.3 is 9.80 Å². The minimum atomic E-state index is -0.376. The smallest absolute Gasteiger partial charge is 0.292 e. The van der Waals surface area contributed by atoms with Crippen molar-refractivity contribution in [3.8, 4) is 0 Å². The SMILES string of the molecule is O=C(CCC(=O)N1CCN(c2ccccc2[N+](=O)[O-])CC1)c1ccc2c(c1)CCCC2. The number of hydrogen-bond donors (Lipinski definition) is 0. The Morgan fingerprint density at radius 3 is 2.35 bits per heavy atom. The van der Waals surface area contributed by atoms with Gasteiger partial charge in [0.1, 0.15) is 5.69 Å². The van der Waals surface area contributed by atoms with Crippen LogP contribution in [-0.2, 0) is 17.6 Å². The van der Waals surface area contributed by atoms with Crippen molar-refractivity contribution in [1.29, 1.82) is 0 Å². The topological polar surface area (TPSA) is 83.8 Å². The lowest BCUT2D eigenvalue weighted by Gasteiger charge is -2.35. The predicted octanol–water partition coefficient (Wildman–Crippen LogP) is 3.79. The van der Waals surface area contributed by atoms with E-state index in [-0.39, 0.29) is 35.1 Å². The van der Waals surface area contributed by atoms with Gasteiger partial charge in [-0.25, -0.2) is 0 Å². The summed E-state index contributed by atoms with van der Waals surface area (Å²) in [5.74, 6) is -0.0196. The molecule has 162 valence electrons. The molecule has 0 saturated carbocycles. The molecule has 1 saturated heterocycles. The van der Waals surface area contributed by atoms with Gasteiger partial charge in [-0.1, -0.05) is 24.3 Å². The number of rotatable bonds is 6. The number of nitro benzene ring substituents is 1. The molecule has 7 nitrogen and oxygen atoms in total. The van der Waals surface area contributed by atoms with Gasteiger partial charge in [0.25, 0.3) is 5.69 Å². The molecule has 0 spiro atoms. The summed E-state index contributed by atoms with van der Waals surface area (Å²) in [6.45, 7) is 2.07. The van der Waals surface area contributed by atoms with Crippen LogP contribution in [0.2, 0.25) is 0 Å². The lowest BCUT2D eigenvalue weighted by Crippen LogP contribution is -2.49. The van der Waals surface area contributed by atoms with E-state index in [9.17, 15) is 19.7 Å². The van der Waals surface area contributed by atoms with Crippen molar-refractivity contribution in [3.05, 3.63) is 69.3 Å². The summed E-state index contributed by atoms with van der Waals surface area (Å²) < 4.78 is 0. The fourth-order valence-corrected chi connectivity index (χ4v) is 4.51. The van der Waals surface area contributed by atoms with Crippen LogP contribution in [0.25, 0.3) is 0 Å². The molecule has 0 unspecified atom stereocenters. The van der Waals surface area contributed by atoms with Crippen molar-refractivity contribution in [1.82, 2.24) is 4.90 Å². The molecule has 1 aliphatic carbocycles. The third kappa shape index (κ3) is 4.76. The molecule has 4 rings (SSSR count). The fourth-order valence-electron chi connectivity index (χ4n) is 4.51. The van der Waals surface area contributed by atoms with Crippen LogP contribution in [0.4, 0.5) is 11.4 Å². The van der Waals surface area contributed by atoms with Crippen LogP contribution in [-0.4, -0.2) is 47.7 Å². The Hall–Kier alpha value is -3.22. The third-order valence-electron chi connectivity index (χ3n) is 6.29. The second-order valence-electron chi connectivity index (χ2n) is 8.23. The monoisotopic (exact) mass is 421 g/mol. The van der Waals surface area contributed by atoms with Crippen LogP contribution in [0.1, 0.15) is 47.2 Å². The first kappa shape index (κ1) is 21.0. The molecule has 1 fully saturated rings. The molecular weight excluding hydrogens is 394 g/mol. The van der Waals surface area contributed by atoms with Gasteiger partial charge in [-0.3, -0.25) is 19.7 Å². The highest BCUT2D eigenvalue weighted by Gasteiger charge is 2.25. The van der Waals surface area contributed by atoms with Gasteiger partial charge in [0, 0.05) is 50.7 Å². The molecule has 0 atom stereocenters. The van der Waals surface area contributed by atoms with Crippen LogP contribution in [0, 0.1) is 10.1 Å². The molecule has 2 aromatic carbocycles. The van der Waals surface area contributed by atoms with Crippen LogP contribution in [0.5, 0.6) is 0 Å². The van der Waals surface area contributed by atoms with E-state index in [0.717, 1.165) is 12.8 Å². The van der Waals surface area contributed by atoms with Crippen molar-refractivity contribution in [2.45, 2.75) is 38.5 Å². The number of benzene rings is 2. The van der Waals surface area contributed by atoms with Crippen molar-refractivity contribution in [2.75, 3.05) is 31.1 Å². The number of amides is 1. The number of aryl methyl sites for hydroxylation is 2. The average molecular weight is 421 g/mol. The third-order valence-corrected chi connectivity index (χ3v) is 6.29. The van der Waals surface area contributed by atoms with E-state index in [4.69, 9.17) is 0 Å². The minimum Gasteiger partial charge on any atom is -0.362 e. The summed E-state index contributed by atoms with van der Waals surface area (Å²) in [5.41, 5.74) is 3.99. The number of piperazine rings is 1. The fraction of sp³-hybridized carbons (Fsp3) is 0.417. The predicted molar refractivity (Wildman–Crippen MR) is 119 cm³/mol. The Bertz CT molecular complexity index is 996. The molecule has 1 aliphatic heterocycles. The first-order valence-corrected chi connectivity index (χ1v) is 10.9. The zero-order valence-electron chi connectivity index (χ0n) is 17.6. The van der Waals surface area contributed by atoms with Crippen LogP contribution in [0.15, 0.2) is 42.5 Å². The van der Waals surface area contributed by atoms with Crippen molar-refractivity contribution >= 4 is 23.1 Å². The molecule has 2 aliphatic rings. The van der Waals surface area contributed by atoms with E-state index in [2.05, 4.69) is 6.07 Å². The number of para-hydroxylation sites is 2. The second kappa shape index (κ2) is 9.29. The second-order valence-corrected chi connectivity index (χ2v) is 8.23. The zero-order valence-corrected chi connectivity index (χ0v) is 17.6. The van der Waals surface area contributed by atoms with Crippen molar-refractivity contribution < 1.29 is 14.5 Å². The van der Waals surface area contributed by atoms with Crippen LogP contribution in [0.3, 0.4) is 0 Å². The number of anilines is 1. The van der Waals surface area contributed by atoms with Crippen LogP contribution < -0.4 is 4.90 Å². The lowest BCUT2D eigenvalue weighted by molar-refractivity contribution is -0.384. The van der Waals surface area contributed by atoms with Gasteiger partial charge in [-0.05, 0) is 48.9 Å². The van der Waals surface area contributed by atoms with Crippen molar-refractivity contribution in [3.63, 3.8) is 0 Å². The minimum absolute atomic E-state index is 0.0141. The van der Waals surface area contributed by atoms with E-state index in [1.54, 1.807) is 23.1 Å². The van der Waals surface area contributed by atoms with Gasteiger partial charge in [-0.15, -0.1) is 0 Å². The first-order valence-electron chi connectivity index (χ1n) is 10.9. The number of nitro groups is 1. The molecule has 2 aromatic rings. The highest BCUT2D eigenvalue weighted by atomic mass is 16.6. The standard InChI is InChI=1S/C24H27N3O4/c28-23(20-10-9-18-5-1-2-6-19(18)17-20)11-12-24(29)26-15-13-25(14-16-26)21-7-3-4-8-22(21)27(30)31/h3-4,7-10,17H,1-2,5-6,11-16H2. The van der Waals surface area contributed by atoms with Gasteiger partial charge in [0.15, 0.2) is 5.78 Å². The summed E-state index contributed by atoms with van der Waals surface area (Å²) in [7, 11) is 0. The van der Waals surface area contributed by atoms with Gasteiger partial charge in [0.05, 0.1) is 4.92 Å². The summed E-state index contributed by atoms with van der Waals surface area (Å²) >= 11 is 0. The molecule has 7 heteroatoms. The number of Topliss-reactive ketones (excluding diaryl/α,β-unsaturated/α-hetero) is 1. The highest BCUT2D eigenvalue weighted by Crippen LogP contribution is 2.28. The van der Waals surface area contributed by atoms with Crippen molar-refractivity contribution in [2.24, 2.45) is 0 Å². The Balaban J connectivity index is 1.30. The highest BCUT2D eigenvalue weighted by molar-refractivity contribution is 5.98. The maximum absolute atomic E-state index is 12.6. The van der Waals surface area contributed by atoms with Gasteiger partial charge in [0.2, 0.25) is 5.91 Å². The van der Waals surface area contributed by atoms with E-state index >= 15 is 0 Å². The Morgan fingerprint density at radius 1 is 0.903 bits per heavy atom. The number of nitrogens with zero attached hydrogens (tertiary/aromatic N) is 3. The number of ketones is 1. The number of carbonyl (C=O) groups excluding carboxylic acids is 2. The summed E-state index contributed by atoms with van der Waals surface area (Å²) in [6, 6.07) is 12.6. The van der Waals surface area contributed by atoms with E-state index in [0.29, 0.717) is 37.4 Å². The van der Waals surface area contributed by atoms with Crippen LogP contribution >= 0.6 is 0 Å². The average Bonchev–Trinajstić information content (AvgIpc) is 2.82. The molecule has 31 heavy (non-hydrogen) atoms. The number of fused-ring (bicyclic) bond motifs is 1. The van der Waals surface area contributed by atoms with Gasteiger partial charge >= 0.3 is 0 Å². The summed E-state index contributed by atoms with van der Waals surface area (Å²) in [4.78, 5) is 39.8. The Kier molecular flexibility index (Phi) is 6.30. The molecule has 0 N–H and O–H groups in total. The first-order chi connectivity index (χ1) is 15.0. The number of hydrogen-bond acceptors (Lipinski definition) is 5. The molecule has 1 amide bonds. The van der Waals surface area contributed by atoms with Gasteiger partial charge in [-0.2, -0.15) is 0 Å². The maximum atomic E-state index is 12.6. The molecule has 1 heterocycles.